The van der Waals surface area contributed by atoms with E-state index in [-0.39, 0.29) is 6.61 Å². The topological polar surface area (TPSA) is 77.4 Å². The van der Waals surface area contributed by atoms with Crippen LogP contribution in [-0.2, 0) is 21.8 Å². The third-order valence-corrected chi connectivity index (χ3v) is 4.20. The zero-order valence-electron chi connectivity index (χ0n) is 11.9. The third kappa shape index (κ3) is 3.77. The molecule has 0 aliphatic carbocycles. The molecule has 0 fully saturated rings. The van der Waals surface area contributed by atoms with Crippen molar-refractivity contribution in [3.8, 4) is 0 Å². The van der Waals surface area contributed by atoms with E-state index >= 15 is 0 Å². The quantitative estimate of drug-likeness (QED) is 0.649. The second-order valence-corrected chi connectivity index (χ2v) is 6.05. The van der Waals surface area contributed by atoms with Crippen LogP contribution in [0.5, 0.6) is 0 Å². The molecule has 0 radical (unpaired) electrons. The molecule has 11 heteroatoms. The Labute approximate surface area is 124 Å². The number of rotatable bonds is 5. The van der Waals surface area contributed by atoms with Gasteiger partial charge in [0.2, 0.25) is 10.0 Å². The standard InChI is InChI=1S/C11H14F4N2O4S/c1-4-21-10(18)9-8(12)7(5-17(9)3)22(19,20)16-6(2)11(13,14)15/h5-6,16H,4H2,1-3H3/t6-/m1/s1. The number of esters is 1. The van der Waals surface area contributed by atoms with E-state index in [1.54, 1.807) is 0 Å². The Kier molecular flexibility index (Phi) is 5.23. The van der Waals surface area contributed by atoms with Gasteiger partial charge in [0.25, 0.3) is 0 Å². The van der Waals surface area contributed by atoms with Crippen LogP contribution in [-0.4, -0.2) is 37.8 Å². The highest BCUT2D eigenvalue weighted by Crippen LogP contribution is 2.24. The van der Waals surface area contributed by atoms with E-state index in [0.717, 1.165) is 4.57 Å². The first kappa shape index (κ1) is 18.4. The Hall–Kier alpha value is -1.62. The van der Waals surface area contributed by atoms with Gasteiger partial charge in [0, 0.05) is 13.2 Å². The van der Waals surface area contributed by atoms with Gasteiger partial charge in [0.05, 0.1) is 6.61 Å². The molecule has 126 valence electrons. The number of halogens is 4. The van der Waals surface area contributed by atoms with Gasteiger partial charge in [0.1, 0.15) is 10.9 Å². The van der Waals surface area contributed by atoms with E-state index in [1.807, 2.05) is 0 Å². The van der Waals surface area contributed by atoms with Crippen LogP contribution >= 0.6 is 0 Å². The first-order chi connectivity index (χ1) is 9.91. The third-order valence-electron chi connectivity index (χ3n) is 2.67. The zero-order chi connectivity index (χ0) is 17.3. The van der Waals surface area contributed by atoms with Gasteiger partial charge in [-0.25, -0.2) is 17.6 Å². The number of aromatic nitrogens is 1. The smallest absolute Gasteiger partial charge is 0.404 e. The van der Waals surface area contributed by atoms with Gasteiger partial charge in [0.15, 0.2) is 11.5 Å². The lowest BCUT2D eigenvalue weighted by Gasteiger charge is -2.16. The van der Waals surface area contributed by atoms with Crippen molar-refractivity contribution in [1.82, 2.24) is 9.29 Å². The van der Waals surface area contributed by atoms with Crippen LogP contribution in [0.2, 0.25) is 0 Å². The lowest BCUT2D eigenvalue weighted by atomic mass is 10.4. The lowest BCUT2D eigenvalue weighted by molar-refractivity contribution is -0.147. The number of alkyl halides is 3. The summed E-state index contributed by atoms with van der Waals surface area (Å²) < 4.78 is 81.7. The first-order valence-corrected chi connectivity index (χ1v) is 7.51. The van der Waals surface area contributed by atoms with Crippen molar-refractivity contribution >= 4 is 16.0 Å². The fraction of sp³-hybridized carbons (Fsp3) is 0.545. The minimum Gasteiger partial charge on any atom is -0.461 e. The first-order valence-electron chi connectivity index (χ1n) is 6.02. The zero-order valence-corrected chi connectivity index (χ0v) is 12.7. The molecule has 6 nitrogen and oxygen atoms in total. The number of carbonyl (C=O) groups excluding carboxylic acids is 1. The molecule has 1 atom stereocenters. The summed E-state index contributed by atoms with van der Waals surface area (Å²) in [5, 5.41) is 0. The van der Waals surface area contributed by atoms with E-state index in [0.29, 0.717) is 13.1 Å². The highest BCUT2D eigenvalue weighted by Gasteiger charge is 2.40. The predicted molar refractivity (Wildman–Crippen MR) is 67.2 cm³/mol. The predicted octanol–water partition coefficient (Wildman–Crippen LogP) is 1.57. The molecule has 1 N–H and O–H groups in total. The molecule has 0 saturated heterocycles. The number of carbonyl (C=O) groups is 1. The SMILES string of the molecule is CCOC(=O)c1c(F)c(S(=O)(=O)N[C@H](C)C(F)(F)F)cn1C. The maximum atomic E-state index is 14.1. The Morgan fingerprint density at radius 3 is 2.45 bits per heavy atom. The molecule has 0 saturated carbocycles. The molecular formula is C11H14F4N2O4S. The Balaban J connectivity index is 3.23. The molecule has 1 rings (SSSR count). The normalized spacial score (nSPS) is 14.0. The maximum absolute atomic E-state index is 14.1. The Morgan fingerprint density at radius 1 is 1.45 bits per heavy atom. The van der Waals surface area contributed by atoms with E-state index in [4.69, 9.17) is 0 Å². The number of aryl methyl sites for hydroxylation is 1. The lowest BCUT2D eigenvalue weighted by Crippen LogP contribution is -2.43. The monoisotopic (exact) mass is 346 g/mol. The molecule has 1 heterocycles. The summed E-state index contributed by atoms with van der Waals surface area (Å²) in [7, 11) is -3.63. The van der Waals surface area contributed by atoms with Crippen LogP contribution in [0.3, 0.4) is 0 Å². The molecule has 0 aliphatic heterocycles. The van der Waals surface area contributed by atoms with E-state index in [2.05, 4.69) is 4.74 Å². The number of hydrogen-bond donors (Lipinski definition) is 1. The van der Waals surface area contributed by atoms with Crippen LogP contribution in [0.1, 0.15) is 24.3 Å². The van der Waals surface area contributed by atoms with Gasteiger partial charge >= 0.3 is 12.1 Å². The molecule has 1 aromatic heterocycles. The average molecular weight is 346 g/mol. The highest BCUT2D eigenvalue weighted by molar-refractivity contribution is 7.89. The van der Waals surface area contributed by atoms with E-state index in [1.165, 1.54) is 18.7 Å². The van der Waals surface area contributed by atoms with Gasteiger partial charge in [-0.3, -0.25) is 0 Å². The summed E-state index contributed by atoms with van der Waals surface area (Å²) >= 11 is 0. The summed E-state index contributed by atoms with van der Waals surface area (Å²) in [6.45, 7) is 1.96. The largest absolute Gasteiger partial charge is 0.461 e. The summed E-state index contributed by atoms with van der Waals surface area (Å²) in [5.41, 5.74) is -0.693. The number of ether oxygens (including phenoxy) is 1. The summed E-state index contributed by atoms with van der Waals surface area (Å²) in [6, 6.07) is -2.41. The Morgan fingerprint density at radius 2 is 2.00 bits per heavy atom. The van der Waals surface area contributed by atoms with Crippen molar-refractivity contribution in [2.75, 3.05) is 6.61 Å². The molecule has 0 aromatic carbocycles. The molecular weight excluding hydrogens is 332 g/mol. The minimum atomic E-state index is -4.83. The summed E-state index contributed by atoms with van der Waals surface area (Å²) in [6.07, 6.45) is -4.13. The number of sulfonamides is 1. The van der Waals surface area contributed by atoms with Gasteiger partial charge in [-0.15, -0.1) is 0 Å². The summed E-state index contributed by atoms with van der Waals surface area (Å²) in [5.74, 6) is -2.59. The van der Waals surface area contributed by atoms with Gasteiger partial charge in [-0.1, -0.05) is 0 Å². The van der Waals surface area contributed by atoms with Gasteiger partial charge in [-0.05, 0) is 13.8 Å². The number of nitrogens with one attached hydrogen (secondary N) is 1. The van der Waals surface area contributed by atoms with Crippen LogP contribution in [0.15, 0.2) is 11.1 Å². The van der Waals surface area contributed by atoms with Crippen molar-refractivity contribution in [2.24, 2.45) is 7.05 Å². The van der Waals surface area contributed by atoms with Crippen molar-refractivity contribution in [3.63, 3.8) is 0 Å². The molecule has 0 amide bonds. The van der Waals surface area contributed by atoms with Crippen molar-refractivity contribution < 1.29 is 35.5 Å². The second kappa shape index (κ2) is 6.24. The minimum absolute atomic E-state index is 0.0745. The van der Waals surface area contributed by atoms with Crippen molar-refractivity contribution in [2.45, 2.75) is 31.0 Å². The van der Waals surface area contributed by atoms with Crippen LogP contribution in [0.25, 0.3) is 0 Å². The molecule has 0 aliphatic rings. The van der Waals surface area contributed by atoms with E-state index < -0.39 is 44.6 Å². The van der Waals surface area contributed by atoms with Crippen LogP contribution in [0.4, 0.5) is 17.6 Å². The molecule has 0 bridgehead atoms. The fourth-order valence-electron chi connectivity index (χ4n) is 1.55. The average Bonchev–Trinajstić information content (AvgIpc) is 2.64. The van der Waals surface area contributed by atoms with Crippen LogP contribution < -0.4 is 4.72 Å². The number of hydrogen-bond acceptors (Lipinski definition) is 4. The molecule has 0 spiro atoms. The van der Waals surface area contributed by atoms with Crippen molar-refractivity contribution in [1.29, 1.82) is 0 Å². The highest BCUT2D eigenvalue weighted by atomic mass is 32.2. The second-order valence-electron chi connectivity index (χ2n) is 4.37. The van der Waals surface area contributed by atoms with Gasteiger partial charge in [-0.2, -0.15) is 17.9 Å². The van der Waals surface area contributed by atoms with E-state index in [9.17, 15) is 30.8 Å². The maximum Gasteiger partial charge on any atom is 0.404 e. The van der Waals surface area contributed by atoms with Gasteiger partial charge < -0.3 is 9.30 Å². The fourth-order valence-corrected chi connectivity index (χ4v) is 2.91. The summed E-state index contributed by atoms with van der Waals surface area (Å²) in [4.78, 5) is 10.5. The Bertz CT molecular complexity index is 666. The molecule has 0 unspecified atom stereocenters. The molecule has 22 heavy (non-hydrogen) atoms. The number of nitrogens with zero attached hydrogens (tertiary/aromatic N) is 1. The van der Waals surface area contributed by atoms with Crippen LogP contribution in [0, 0.1) is 5.82 Å². The van der Waals surface area contributed by atoms with Crippen molar-refractivity contribution in [3.05, 3.63) is 17.7 Å². The molecule has 1 aromatic rings.